The number of hydrogen-bond acceptors (Lipinski definition) is 4. The Balaban J connectivity index is 2.63. The predicted molar refractivity (Wildman–Crippen MR) is 93.3 cm³/mol. The zero-order valence-corrected chi connectivity index (χ0v) is 15.2. The molecule has 0 fully saturated rings. The molecule has 0 bridgehead atoms. The Labute approximate surface area is 139 Å². The van der Waals surface area contributed by atoms with Crippen molar-refractivity contribution >= 4 is 11.6 Å². The van der Waals surface area contributed by atoms with Gasteiger partial charge in [0, 0.05) is 30.7 Å². The number of rotatable bonds is 10. The molecule has 0 saturated carbocycles. The van der Waals surface area contributed by atoms with Gasteiger partial charge in [-0.15, -0.1) is 0 Å². The molecular weight excluding hydrogens is 300 g/mol. The van der Waals surface area contributed by atoms with Gasteiger partial charge in [0.25, 0.3) is 0 Å². The van der Waals surface area contributed by atoms with Crippen LogP contribution >= 0.6 is 11.6 Å². The van der Waals surface area contributed by atoms with E-state index in [1.54, 1.807) is 7.11 Å². The molecule has 1 aromatic carbocycles. The molecule has 0 unspecified atom stereocenters. The summed E-state index contributed by atoms with van der Waals surface area (Å²) in [6.45, 7) is 13.2. The number of ether oxygens (including phenoxy) is 2. The van der Waals surface area contributed by atoms with Gasteiger partial charge in [-0.05, 0) is 38.6 Å². The van der Waals surface area contributed by atoms with Gasteiger partial charge in [-0.2, -0.15) is 0 Å². The zero-order valence-electron chi connectivity index (χ0n) is 14.4. The lowest BCUT2D eigenvalue weighted by Gasteiger charge is -2.19. The maximum absolute atomic E-state index is 6.35. The third kappa shape index (κ3) is 6.03. The molecule has 0 aliphatic carbocycles. The molecule has 0 saturated heterocycles. The number of benzene rings is 1. The minimum atomic E-state index is 0.0861. The molecule has 0 aromatic heterocycles. The van der Waals surface area contributed by atoms with Crippen LogP contribution < -0.4 is 14.8 Å². The van der Waals surface area contributed by atoms with Crippen LogP contribution in [0.15, 0.2) is 12.1 Å². The molecule has 0 spiro atoms. The highest BCUT2D eigenvalue weighted by atomic mass is 35.5. The third-order valence-corrected chi connectivity index (χ3v) is 3.86. The molecule has 5 heteroatoms. The SMILES string of the molecule is CCN(CC)CCNCc1cc(OC)c(OC(C)C)cc1Cl. The van der Waals surface area contributed by atoms with Gasteiger partial charge in [-0.25, -0.2) is 0 Å². The molecular formula is C17H29ClN2O2. The summed E-state index contributed by atoms with van der Waals surface area (Å²) < 4.78 is 11.1. The van der Waals surface area contributed by atoms with Crippen LogP contribution in [0, 0.1) is 0 Å². The molecule has 126 valence electrons. The fourth-order valence-electron chi connectivity index (χ4n) is 2.22. The Morgan fingerprint density at radius 3 is 2.41 bits per heavy atom. The summed E-state index contributed by atoms with van der Waals surface area (Å²) in [5.41, 5.74) is 1.02. The molecule has 1 rings (SSSR count). The van der Waals surface area contributed by atoms with Gasteiger partial charge in [0.05, 0.1) is 13.2 Å². The van der Waals surface area contributed by atoms with Gasteiger partial charge in [-0.3, -0.25) is 0 Å². The van der Waals surface area contributed by atoms with Crippen molar-refractivity contribution in [3.63, 3.8) is 0 Å². The molecule has 0 atom stereocenters. The fourth-order valence-corrected chi connectivity index (χ4v) is 2.44. The average Bonchev–Trinajstić information content (AvgIpc) is 2.48. The highest BCUT2D eigenvalue weighted by molar-refractivity contribution is 6.31. The smallest absolute Gasteiger partial charge is 0.163 e. The number of methoxy groups -OCH3 is 1. The van der Waals surface area contributed by atoms with Crippen molar-refractivity contribution in [3.05, 3.63) is 22.7 Å². The van der Waals surface area contributed by atoms with E-state index in [0.29, 0.717) is 10.8 Å². The lowest BCUT2D eigenvalue weighted by atomic mass is 10.2. The van der Waals surface area contributed by atoms with Gasteiger partial charge in [0.15, 0.2) is 11.5 Å². The predicted octanol–water partition coefficient (Wildman–Crippen LogP) is 3.57. The largest absolute Gasteiger partial charge is 0.493 e. The first-order chi connectivity index (χ1) is 10.5. The monoisotopic (exact) mass is 328 g/mol. The summed E-state index contributed by atoms with van der Waals surface area (Å²) >= 11 is 6.35. The maximum Gasteiger partial charge on any atom is 0.163 e. The highest BCUT2D eigenvalue weighted by Gasteiger charge is 2.11. The van der Waals surface area contributed by atoms with E-state index in [0.717, 1.165) is 44.0 Å². The standard InChI is InChI=1S/C17H29ClN2O2/c1-6-20(7-2)9-8-19-12-14-10-16(21-5)17(11-15(14)18)22-13(3)4/h10-11,13,19H,6-9,12H2,1-5H3. The van der Waals surface area contributed by atoms with E-state index in [1.165, 1.54) is 0 Å². The van der Waals surface area contributed by atoms with E-state index in [1.807, 2.05) is 26.0 Å². The summed E-state index contributed by atoms with van der Waals surface area (Å²) in [6, 6.07) is 3.78. The summed E-state index contributed by atoms with van der Waals surface area (Å²) in [7, 11) is 1.65. The van der Waals surface area contributed by atoms with Crippen LogP contribution in [0.3, 0.4) is 0 Å². The molecule has 0 radical (unpaired) electrons. The summed E-state index contributed by atoms with van der Waals surface area (Å²) in [4.78, 5) is 2.38. The second kappa shape index (κ2) is 9.93. The quantitative estimate of drug-likeness (QED) is 0.666. The summed E-state index contributed by atoms with van der Waals surface area (Å²) in [5.74, 6) is 1.41. The van der Waals surface area contributed by atoms with Crippen LogP contribution in [0.5, 0.6) is 11.5 Å². The molecule has 0 amide bonds. The minimum Gasteiger partial charge on any atom is -0.493 e. The Kier molecular flexibility index (Phi) is 8.61. The normalized spacial score (nSPS) is 11.3. The second-order valence-corrected chi connectivity index (χ2v) is 5.87. The van der Waals surface area contributed by atoms with E-state index >= 15 is 0 Å². The van der Waals surface area contributed by atoms with Crippen LogP contribution in [-0.2, 0) is 6.54 Å². The number of hydrogen-bond donors (Lipinski definition) is 1. The van der Waals surface area contributed by atoms with Crippen molar-refractivity contribution in [1.82, 2.24) is 10.2 Å². The first-order valence-corrected chi connectivity index (χ1v) is 8.35. The first-order valence-electron chi connectivity index (χ1n) is 7.97. The Morgan fingerprint density at radius 2 is 1.86 bits per heavy atom. The Morgan fingerprint density at radius 1 is 1.18 bits per heavy atom. The fraction of sp³-hybridized carbons (Fsp3) is 0.647. The number of nitrogens with one attached hydrogen (secondary N) is 1. The van der Waals surface area contributed by atoms with Crippen molar-refractivity contribution in [2.24, 2.45) is 0 Å². The van der Waals surface area contributed by atoms with Crippen molar-refractivity contribution in [1.29, 1.82) is 0 Å². The van der Waals surface area contributed by atoms with Crippen LogP contribution in [0.2, 0.25) is 5.02 Å². The molecule has 0 aliphatic heterocycles. The number of halogens is 1. The van der Waals surface area contributed by atoms with E-state index in [9.17, 15) is 0 Å². The van der Waals surface area contributed by atoms with Crippen molar-refractivity contribution in [2.75, 3.05) is 33.3 Å². The lowest BCUT2D eigenvalue weighted by molar-refractivity contribution is 0.230. The second-order valence-electron chi connectivity index (χ2n) is 5.46. The first kappa shape index (κ1) is 19.1. The van der Waals surface area contributed by atoms with Gasteiger partial charge in [0.1, 0.15) is 0 Å². The summed E-state index contributed by atoms with van der Waals surface area (Å²) in [6.07, 6.45) is 0.0861. The number of nitrogens with zero attached hydrogens (tertiary/aromatic N) is 1. The number of likely N-dealkylation sites (N-methyl/N-ethyl adjacent to an activating group) is 1. The molecule has 4 nitrogen and oxygen atoms in total. The van der Waals surface area contributed by atoms with Crippen LogP contribution in [0.4, 0.5) is 0 Å². The van der Waals surface area contributed by atoms with Gasteiger partial charge in [0.2, 0.25) is 0 Å². The van der Waals surface area contributed by atoms with Crippen LogP contribution in [0.25, 0.3) is 0 Å². The summed E-state index contributed by atoms with van der Waals surface area (Å²) in [5, 5.41) is 4.13. The third-order valence-electron chi connectivity index (χ3n) is 3.51. The van der Waals surface area contributed by atoms with Crippen molar-refractivity contribution in [3.8, 4) is 11.5 Å². The van der Waals surface area contributed by atoms with E-state index in [-0.39, 0.29) is 6.10 Å². The van der Waals surface area contributed by atoms with Gasteiger partial charge >= 0.3 is 0 Å². The van der Waals surface area contributed by atoms with Crippen molar-refractivity contribution < 1.29 is 9.47 Å². The maximum atomic E-state index is 6.35. The highest BCUT2D eigenvalue weighted by Crippen LogP contribution is 2.33. The Bertz CT molecular complexity index is 449. The average molecular weight is 329 g/mol. The van der Waals surface area contributed by atoms with E-state index < -0.39 is 0 Å². The zero-order chi connectivity index (χ0) is 16.5. The van der Waals surface area contributed by atoms with Crippen molar-refractivity contribution in [2.45, 2.75) is 40.3 Å². The van der Waals surface area contributed by atoms with Crippen LogP contribution in [-0.4, -0.2) is 44.3 Å². The van der Waals surface area contributed by atoms with E-state index in [4.69, 9.17) is 21.1 Å². The van der Waals surface area contributed by atoms with Gasteiger partial charge < -0.3 is 19.7 Å². The van der Waals surface area contributed by atoms with E-state index in [2.05, 4.69) is 24.1 Å². The van der Waals surface area contributed by atoms with Gasteiger partial charge in [-0.1, -0.05) is 25.4 Å². The molecule has 0 aliphatic rings. The molecule has 1 aromatic rings. The molecule has 1 N–H and O–H groups in total. The topological polar surface area (TPSA) is 33.7 Å². The minimum absolute atomic E-state index is 0.0861. The Hall–Kier alpha value is -0.970. The lowest BCUT2D eigenvalue weighted by Crippen LogP contribution is -2.31. The molecule has 0 heterocycles. The molecule has 22 heavy (non-hydrogen) atoms. The van der Waals surface area contributed by atoms with Crippen LogP contribution in [0.1, 0.15) is 33.3 Å².